The van der Waals surface area contributed by atoms with Crippen LogP contribution in [0.4, 0.5) is 0 Å². The predicted octanol–water partition coefficient (Wildman–Crippen LogP) is 0.907. The fraction of sp³-hybridized carbons (Fsp3) is 0.450. The lowest BCUT2D eigenvalue weighted by molar-refractivity contribution is -0.141. The third-order valence-electron chi connectivity index (χ3n) is 5.03. The van der Waals surface area contributed by atoms with Crippen LogP contribution in [-0.2, 0) is 14.3 Å². The molecule has 11 heteroatoms. The zero-order chi connectivity index (χ0) is 22.7. The van der Waals surface area contributed by atoms with Crippen molar-refractivity contribution in [1.29, 1.82) is 0 Å². The van der Waals surface area contributed by atoms with Crippen molar-refractivity contribution in [2.24, 2.45) is 5.92 Å². The molecule has 1 aliphatic rings. The van der Waals surface area contributed by atoms with Gasteiger partial charge in [-0.15, -0.1) is 5.10 Å². The van der Waals surface area contributed by atoms with Crippen molar-refractivity contribution >= 4 is 23.7 Å². The van der Waals surface area contributed by atoms with Crippen molar-refractivity contribution in [3.05, 3.63) is 41.2 Å². The predicted molar refractivity (Wildman–Crippen MR) is 107 cm³/mol. The van der Waals surface area contributed by atoms with E-state index in [1.54, 1.807) is 31.2 Å². The number of nitrogens with one attached hydrogen (secondary N) is 1. The van der Waals surface area contributed by atoms with Crippen LogP contribution in [-0.4, -0.2) is 62.5 Å². The molecule has 2 unspecified atom stereocenters. The third kappa shape index (κ3) is 4.30. The number of tetrazole rings is 1. The number of amides is 3. The lowest BCUT2D eigenvalue weighted by Crippen LogP contribution is -2.39. The van der Waals surface area contributed by atoms with Gasteiger partial charge in [-0.3, -0.25) is 24.1 Å². The Morgan fingerprint density at radius 1 is 1.10 bits per heavy atom. The van der Waals surface area contributed by atoms with E-state index in [1.807, 2.05) is 13.8 Å². The highest BCUT2D eigenvalue weighted by atomic mass is 16.5. The van der Waals surface area contributed by atoms with E-state index >= 15 is 0 Å². The molecule has 2 heterocycles. The average molecular weight is 428 g/mol. The molecular formula is C20H24N6O5. The molecule has 0 fully saturated rings. The second-order valence-corrected chi connectivity index (χ2v) is 7.62. The quantitative estimate of drug-likeness (QED) is 0.484. The molecule has 164 valence electrons. The fourth-order valence-electron chi connectivity index (χ4n) is 3.45. The summed E-state index contributed by atoms with van der Waals surface area (Å²) >= 11 is 0. The molecule has 3 amide bonds. The van der Waals surface area contributed by atoms with E-state index in [1.165, 1.54) is 11.8 Å². The van der Waals surface area contributed by atoms with Gasteiger partial charge in [0.15, 0.2) is 5.82 Å². The first-order valence-corrected chi connectivity index (χ1v) is 9.85. The summed E-state index contributed by atoms with van der Waals surface area (Å²) in [5.74, 6) is -1.65. The number of methoxy groups -OCH3 is 1. The van der Waals surface area contributed by atoms with Crippen LogP contribution in [0, 0.1) is 5.92 Å². The summed E-state index contributed by atoms with van der Waals surface area (Å²) in [6.07, 6.45) is 0.405. The highest BCUT2D eigenvalue weighted by molar-refractivity contribution is 6.21. The van der Waals surface area contributed by atoms with Crippen LogP contribution in [0.2, 0.25) is 0 Å². The molecule has 31 heavy (non-hydrogen) atoms. The van der Waals surface area contributed by atoms with Crippen molar-refractivity contribution in [2.45, 2.75) is 39.3 Å². The first kappa shape index (κ1) is 22.1. The van der Waals surface area contributed by atoms with Crippen molar-refractivity contribution in [3.63, 3.8) is 0 Å². The van der Waals surface area contributed by atoms with Crippen molar-refractivity contribution in [1.82, 2.24) is 30.4 Å². The minimum Gasteiger partial charge on any atom is -0.468 e. The molecule has 0 radical (unpaired) electrons. The molecule has 2 atom stereocenters. The van der Waals surface area contributed by atoms with Crippen LogP contribution < -0.4 is 5.32 Å². The Labute approximate surface area is 178 Å². The van der Waals surface area contributed by atoms with Crippen LogP contribution >= 0.6 is 0 Å². The number of aromatic nitrogens is 4. The number of imide groups is 1. The van der Waals surface area contributed by atoms with Crippen LogP contribution in [0.3, 0.4) is 0 Å². The molecular weight excluding hydrogens is 404 g/mol. The second kappa shape index (κ2) is 9.02. The Morgan fingerprint density at radius 2 is 1.71 bits per heavy atom. The van der Waals surface area contributed by atoms with E-state index < -0.39 is 35.8 Å². The fourth-order valence-corrected chi connectivity index (χ4v) is 3.45. The summed E-state index contributed by atoms with van der Waals surface area (Å²) in [7, 11) is 1.22. The summed E-state index contributed by atoms with van der Waals surface area (Å²) < 4.78 is 5.78. The van der Waals surface area contributed by atoms with Crippen molar-refractivity contribution in [3.8, 4) is 0 Å². The molecule has 1 aromatic heterocycles. The van der Waals surface area contributed by atoms with Gasteiger partial charge in [-0.1, -0.05) is 26.0 Å². The number of benzene rings is 1. The highest BCUT2D eigenvalue weighted by Crippen LogP contribution is 2.34. The number of hydrogen-bond donors (Lipinski definition) is 1. The van der Waals surface area contributed by atoms with Crippen molar-refractivity contribution < 1.29 is 23.9 Å². The Kier molecular flexibility index (Phi) is 6.42. The zero-order valence-electron chi connectivity index (χ0n) is 17.7. The number of ether oxygens (including phenoxy) is 1. The summed E-state index contributed by atoms with van der Waals surface area (Å²) in [6, 6.07) is 4.95. The van der Waals surface area contributed by atoms with Gasteiger partial charge < -0.3 is 10.1 Å². The number of rotatable bonds is 8. The summed E-state index contributed by atoms with van der Waals surface area (Å²) in [5, 5.41) is 14.1. The molecule has 0 bridgehead atoms. The Bertz CT molecular complexity index is 982. The molecule has 0 saturated carbocycles. The van der Waals surface area contributed by atoms with E-state index in [0.717, 1.165) is 4.90 Å². The minimum atomic E-state index is -0.889. The summed E-state index contributed by atoms with van der Waals surface area (Å²) in [4.78, 5) is 51.1. The van der Waals surface area contributed by atoms with Gasteiger partial charge in [0, 0.05) is 0 Å². The Balaban J connectivity index is 1.93. The molecule has 0 saturated heterocycles. The number of nitrogens with zero attached hydrogens (tertiary/aromatic N) is 5. The van der Waals surface area contributed by atoms with E-state index in [9.17, 15) is 19.2 Å². The van der Waals surface area contributed by atoms with Gasteiger partial charge in [0.1, 0.15) is 18.6 Å². The van der Waals surface area contributed by atoms with Crippen LogP contribution in [0.1, 0.15) is 65.8 Å². The van der Waals surface area contributed by atoms with Crippen LogP contribution in [0.15, 0.2) is 24.3 Å². The molecule has 0 spiro atoms. The average Bonchev–Trinajstić information content (AvgIpc) is 3.33. The molecule has 1 N–H and O–H groups in total. The summed E-state index contributed by atoms with van der Waals surface area (Å²) in [6.45, 7) is 5.16. The maximum absolute atomic E-state index is 13.0. The molecule has 1 aliphatic heterocycles. The van der Waals surface area contributed by atoms with E-state index in [0.29, 0.717) is 17.5 Å². The van der Waals surface area contributed by atoms with Gasteiger partial charge in [-0.25, -0.2) is 4.68 Å². The first-order chi connectivity index (χ1) is 14.8. The number of fused-ring (bicyclic) bond motifs is 1. The largest absolute Gasteiger partial charge is 0.468 e. The van der Waals surface area contributed by atoms with E-state index in [2.05, 4.69) is 25.6 Å². The Morgan fingerprint density at radius 3 is 2.26 bits per heavy atom. The normalized spacial score (nSPS) is 15.1. The zero-order valence-corrected chi connectivity index (χ0v) is 17.7. The maximum atomic E-state index is 13.0. The van der Waals surface area contributed by atoms with Gasteiger partial charge in [-0.2, -0.15) is 0 Å². The number of hydrogen-bond acceptors (Lipinski definition) is 8. The lowest BCUT2D eigenvalue weighted by Gasteiger charge is -2.27. The second-order valence-electron chi connectivity index (χ2n) is 7.62. The maximum Gasteiger partial charge on any atom is 0.325 e. The molecule has 11 nitrogen and oxygen atoms in total. The topological polar surface area (TPSA) is 136 Å². The van der Waals surface area contributed by atoms with Gasteiger partial charge in [0.25, 0.3) is 11.8 Å². The monoisotopic (exact) mass is 428 g/mol. The molecule has 1 aromatic carbocycles. The van der Waals surface area contributed by atoms with E-state index in [-0.39, 0.29) is 18.3 Å². The van der Waals surface area contributed by atoms with Gasteiger partial charge in [0.2, 0.25) is 5.91 Å². The SMILES string of the molecule is COC(=O)CNC(=O)C(C)n1nnnc1C(CC(C)C)N1C(=O)c2ccccc2C1=O. The molecule has 3 rings (SSSR count). The van der Waals surface area contributed by atoms with E-state index in [4.69, 9.17) is 0 Å². The molecule has 0 aliphatic carbocycles. The summed E-state index contributed by atoms with van der Waals surface area (Å²) in [5.41, 5.74) is 0.647. The van der Waals surface area contributed by atoms with Crippen LogP contribution in [0.5, 0.6) is 0 Å². The number of carbonyl (C=O) groups excluding carboxylic acids is 4. The third-order valence-corrected chi connectivity index (χ3v) is 5.03. The first-order valence-electron chi connectivity index (χ1n) is 9.85. The number of esters is 1. The minimum absolute atomic E-state index is 0.0999. The van der Waals surface area contributed by atoms with Gasteiger partial charge in [-0.05, 0) is 41.8 Å². The lowest BCUT2D eigenvalue weighted by atomic mass is 10.0. The van der Waals surface area contributed by atoms with Crippen LogP contribution in [0.25, 0.3) is 0 Å². The Hall–Kier alpha value is -3.63. The standard InChI is InChI=1S/C20H24N6O5/c1-11(2)9-15(25-19(29)13-7-5-6-8-14(13)20(25)30)17-22-23-24-26(17)12(3)18(28)21-10-16(27)31-4/h5-8,11-12,15H,9-10H2,1-4H3,(H,21,28). The molecule has 2 aromatic rings. The highest BCUT2D eigenvalue weighted by Gasteiger charge is 2.43. The smallest absolute Gasteiger partial charge is 0.325 e. The van der Waals surface area contributed by atoms with Gasteiger partial charge in [0.05, 0.1) is 18.2 Å². The van der Waals surface area contributed by atoms with Gasteiger partial charge >= 0.3 is 5.97 Å². The van der Waals surface area contributed by atoms with Crippen molar-refractivity contribution in [2.75, 3.05) is 13.7 Å². The number of carbonyl (C=O) groups is 4.